The zero-order valence-electron chi connectivity index (χ0n) is 13.7. The number of carbonyl (C=O) groups excluding carboxylic acids is 1. The van der Waals surface area contributed by atoms with Gasteiger partial charge in [0.15, 0.2) is 0 Å². The van der Waals surface area contributed by atoms with E-state index in [0.29, 0.717) is 6.54 Å². The highest BCUT2D eigenvalue weighted by molar-refractivity contribution is 7.12. The van der Waals surface area contributed by atoms with Gasteiger partial charge in [0.05, 0.1) is 4.88 Å². The summed E-state index contributed by atoms with van der Waals surface area (Å²) in [6.45, 7) is 0.732. The molecule has 0 spiro atoms. The molecule has 3 rings (SSSR count). The molecule has 0 bridgehead atoms. The van der Waals surface area contributed by atoms with Gasteiger partial charge in [0.2, 0.25) is 5.91 Å². The molecule has 0 atom stereocenters. The molecule has 2 aromatic rings. The van der Waals surface area contributed by atoms with Crippen LogP contribution in [0, 0.1) is 0 Å². The lowest BCUT2D eigenvalue weighted by atomic mass is 9.97. The molecule has 0 fully saturated rings. The minimum atomic E-state index is -0.106. The van der Waals surface area contributed by atoms with Crippen LogP contribution in [-0.2, 0) is 11.3 Å². The molecule has 5 heteroatoms. The second-order valence-corrected chi connectivity index (χ2v) is 7.06. The second-order valence-electron chi connectivity index (χ2n) is 6.06. The summed E-state index contributed by atoms with van der Waals surface area (Å²) in [6, 6.07) is 9.76. The predicted molar refractivity (Wildman–Crippen MR) is 98.2 cm³/mol. The Morgan fingerprint density at radius 3 is 2.79 bits per heavy atom. The van der Waals surface area contributed by atoms with Crippen LogP contribution in [0.5, 0.6) is 0 Å². The molecule has 1 heterocycles. The lowest BCUT2D eigenvalue weighted by Gasteiger charge is -2.12. The van der Waals surface area contributed by atoms with Gasteiger partial charge in [0, 0.05) is 12.7 Å². The summed E-state index contributed by atoms with van der Waals surface area (Å²) in [4.78, 5) is 24.9. The van der Waals surface area contributed by atoms with Gasteiger partial charge in [-0.2, -0.15) is 0 Å². The van der Waals surface area contributed by atoms with Gasteiger partial charge in [-0.05, 0) is 37.7 Å². The lowest BCUT2D eigenvalue weighted by Crippen LogP contribution is -2.31. The van der Waals surface area contributed by atoms with Crippen molar-refractivity contribution >= 4 is 17.2 Å². The largest absolute Gasteiger partial charge is 0.354 e. The normalized spacial score (nSPS) is 14.2. The molecule has 0 aliphatic heterocycles. The number of nitrogens with zero attached hydrogens (tertiary/aromatic N) is 1. The average molecular weight is 342 g/mol. The van der Waals surface area contributed by atoms with E-state index in [9.17, 15) is 9.59 Å². The first-order valence-electron chi connectivity index (χ1n) is 8.43. The van der Waals surface area contributed by atoms with E-state index in [-0.39, 0.29) is 17.3 Å². The Labute approximate surface area is 145 Å². The maximum absolute atomic E-state index is 12.1. The Hall–Kier alpha value is -2.14. The van der Waals surface area contributed by atoms with E-state index in [0.717, 1.165) is 29.7 Å². The maximum Gasteiger partial charge on any atom is 0.308 e. The topological polar surface area (TPSA) is 51.1 Å². The Balaban J connectivity index is 1.54. The number of benzene rings is 1. The number of nitrogens with one attached hydrogen (secondary N) is 1. The van der Waals surface area contributed by atoms with Gasteiger partial charge in [-0.3, -0.25) is 14.2 Å². The lowest BCUT2D eigenvalue weighted by molar-refractivity contribution is -0.121. The first-order chi connectivity index (χ1) is 11.7. The fraction of sp³-hybridized carbons (Fsp3) is 0.368. The number of thiazole rings is 1. The van der Waals surface area contributed by atoms with Crippen LogP contribution in [0.1, 0.15) is 32.1 Å². The van der Waals surface area contributed by atoms with E-state index >= 15 is 0 Å². The molecular formula is C19H22N2O2S. The van der Waals surface area contributed by atoms with E-state index in [1.807, 2.05) is 30.3 Å². The van der Waals surface area contributed by atoms with Gasteiger partial charge < -0.3 is 5.32 Å². The van der Waals surface area contributed by atoms with Gasteiger partial charge in [-0.15, -0.1) is 0 Å². The van der Waals surface area contributed by atoms with Crippen LogP contribution in [0.15, 0.2) is 53.0 Å². The van der Waals surface area contributed by atoms with Gasteiger partial charge in [0.25, 0.3) is 0 Å². The average Bonchev–Trinajstić information content (AvgIpc) is 2.97. The minimum absolute atomic E-state index is 0.0845. The van der Waals surface area contributed by atoms with E-state index in [1.54, 1.807) is 6.20 Å². The molecule has 1 N–H and O–H groups in total. The molecule has 0 unspecified atom stereocenters. The van der Waals surface area contributed by atoms with Crippen molar-refractivity contribution in [3.05, 3.63) is 57.8 Å². The van der Waals surface area contributed by atoms with Crippen LogP contribution >= 0.6 is 11.3 Å². The number of aromatic nitrogens is 1. The first-order valence-corrected chi connectivity index (χ1v) is 9.24. The first kappa shape index (κ1) is 16.7. The maximum atomic E-state index is 12.1. The zero-order valence-corrected chi connectivity index (χ0v) is 14.5. The quantitative estimate of drug-likeness (QED) is 0.816. The Morgan fingerprint density at radius 2 is 2.04 bits per heavy atom. The molecule has 1 aliphatic carbocycles. The molecule has 1 aromatic carbocycles. The fourth-order valence-electron chi connectivity index (χ4n) is 2.92. The highest BCUT2D eigenvalue weighted by Gasteiger charge is 2.10. The Morgan fingerprint density at radius 1 is 1.21 bits per heavy atom. The van der Waals surface area contributed by atoms with E-state index in [4.69, 9.17) is 0 Å². The number of allylic oxidation sites excluding steroid dienone is 1. The third kappa shape index (κ3) is 4.45. The molecule has 4 nitrogen and oxygen atoms in total. The van der Waals surface area contributed by atoms with E-state index < -0.39 is 0 Å². The van der Waals surface area contributed by atoms with Crippen molar-refractivity contribution in [1.29, 1.82) is 0 Å². The molecule has 0 saturated carbocycles. The number of hydrogen-bond acceptors (Lipinski definition) is 3. The van der Waals surface area contributed by atoms with E-state index in [1.165, 1.54) is 34.3 Å². The molecule has 24 heavy (non-hydrogen) atoms. The van der Waals surface area contributed by atoms with E-state index in [2.05, 4.69) is 11.4 Å². The number of amides is 1. The molecular weight excluding hydrogens is 320 g/mol. The van der Waals surface area contributed by atoms with Gasteiger partial charge in [0.1, 0.15) is 6.54 Å². The van der Waals surface area contributed by atoms with Crippen LogP contribution in [0.25, 0.3) is 10.4 Å². The van der Waals surface area contributed by atoms with Gasteiger partial charge in [-0.1, -0.05) is 53.3 Å². The summed E-state index contributed by atoms with van der Waals surface area (Å²) in [5.41, 5.74) is 2.45. The molecule has 1 aromatic heterocycles. The number of hydrogen-bond donors (Lipinski definition) is 1. The number of rotatable bonds is 6. The van der Waals surface area contributed by atoms with Crippen LogP contribution in [0.4, 0.5) is 0 Å². The summed E-state index contributed by atoms with van der Waals surface area (Å²) in [5, 5.41) is 2.92. The third-order valence-electron chi connectivity index (χ3n) is 4.23. The van der Waals surface area contributed by atoms with Crippen molar-refractivity contribution in [1.82, 2.24) is 9.88 Å². The van der Waals surface area contributed by atoms with Crippen LogP contribution in [-0.4, -0.2) is 17.0 Å². The molecule has 1 aliphatic rings. The highest BCUT2D eigenvalue weighted by Crippen LogP contribution is 2.21. The molecule has 1 amide bonds. The molecule has 0 saturated heterocycles. The summed E-state index contributed by atoms with van der Waals surface area (Å²) in [7, 11) is 0. The van der Waals surface area contributed by atoms with Crippen LogP contribution in [0.2, 0.25) is 0 Å². The Bertz CT molecular complexity index is 774. The van der Waals surface area contributed by atoms with Crippen molar-refractivity contribution in [3.63, 3.8) is 0 Å². The molecule has 126 valence electrons. The Kier molecular flexibility index (Phi) is 5.64. The zero-order chi connectivity index (χ0) is 16.8. The summed E-state index contributed by atoms with van der Waals surface area (Å²) < 4.78 is 1.49. The van der Waals surface area contributed by atoms with Crippen molar-refractivity contribution < 1.29 is 4.79 Å². The van der Waals surface area contributed by atoms with Crippen molar-refractivity contribution in [3.8, 4) is 10.4 Å². The summed E-state index contributed by atoms with van der Waals surface area (Å²) in [6.07, 6.45) is 9.83. The number of carbonyl (C=O) groups is 1. The highest BCUT2D eigenvalue weighted by atomic mass is 32.1. The van der Waals surface area contributed by atoms with Crippen LogP contribution in [0.3, 0.4) is 0 Å². The minimum Gasteiger partial charge on any atom is -0.354 e. The smallest absolute Gasteiger partial charge is 0.308 e. The third-order valence-corrected chi connectivity index (χ3v) is 5.20. The SMILES string of the molecule is O=C(Cn1cc(-c2ccccc2)sc1=O)NCCC1=CCCCC1. The molecule has 0 radical (unpaired) electrons. The van der Waals surface area contributed by atoms with Crippen LogP contribution < -0.4 is 10.2 Å². The summed E-state index contributed by atoms with van der Waals surface area (Å²) >= 11 is 1.17. The standard InChI is InChI=1S/C19H22N2O2S/c22-18(20-12-11-15-7-3-1-4-8-15)14-21-13-17(24-19(21)23)16-9-5-2-6-10-16/h2,5-7,9-10,13H,1,3-4,8,11-12,14H2,(H,20,22). The summed E-state index contributed by atoms with van der Waals surface area (Å²) in [5.74, 6) is -0.106. The predicted octanol–water partition coefficient (Wildman–Crippen LogP) is 3.58. The second kappa shape index (κ2) is 8.11. The van der Waals surface area contributed by atoms with Crippen molar-refractivity contribution in [2.24, 2.45) is 0 Å². The van der Waals surface area contributed by atoms with Gasteiger partial charge in [-0.25, -0.2) is 0 Å². The van der Waals surface area contributed by atoms with Crippen molar-refractivity contribution in [2.75, 3.05) is 6.54 Å². The fourth-order valence-corrected chi connectivity index (χ4v) is 3.78. The van der Waals surface area contributed by atoms with Crippen molar-refractivity contribution in [2.45, 2.75) is 38.6 Å². The van der Waals surface area contributed by atoms with Gasteiger partial charge >= 0.3 is 4.87 Å². The monoisotopic (exact) mass is 342 g/mol.